The Hall–Kier alpha value is -2.68. The Balaban J connectivity index is 1.66. The molecule has 1 atom stereocenters. The summed E-state index contributed by atoms with van der Waals surface area (Å²) in [4.78, 5) is 0. The Bertz CT molecular complexity index is 942. The molecule has 0 unspecified atom stereocenters. The predicted octanol–water partition coefficient (Wildman–Crippen LogP) is 5.37. The van der Waals surface area contributed by atoms with Crippen molar-refractivity contribution in [1.29, 1.82) is 0 Å². The minimum absolute atomic E-state index is 0.304. The van der Waals surface area contributed by atoms with Crippen LogP contribution >= 0.6 is 0 Å². The van der Waals surface area contributed by atoms with Crippen molar-refractivity contribution in [3.8, 4) is 22.8 Å². The number of hydrogen-bond acceptors (Lipinski definition) is 2. The van der Waals surface area contributed by atoms with Gasteiger partial charge in [0.2, 0.25) is 6.79 Å². The first-order valence-corrected chi connectivity index (χ1v) is 9.49. The van der Waals surface area contributed by atoms with E-state index >= 15 is 0 Å². The molecule has 0 radical (unpaired) electrons. The largest absolute Gasteiger partial charge is 0.454 e. The van der Waals surface area contributed by atoms with Crippen LogP contribution in [-0.4, -0.2) is 11.4 Å². The lowest BCUT2D eigenvalue weighted by Crippen LogP contribution is -2.14. The molecule has 1 aliphatic carbocycles. The summed E-state index contributed by atoms with van der Waals surface area (Å²) in [6.45, 7) is 2.62. The molecule has 0 bridgehead atoms. The van der Waals surface area contributed by atoms with Crippen molar-refractivity contribution in [1.82, 2.24) is 4.57 Å². The van der Waals surface area contributed by atoms with E-state index in [1.165, 1.54) is 47.3 Å². The minimum atomic E-state index is 0.304. The Morgan fingerprint density at radius 2 is 1.69 bits per heavy atom. The van der Waals surface area contributed by atoms with Gasteiger partial charge in [0.25, 0.3) is 0 Å². The molecule has 2 aliphatic rings. The van der Waals surface area contributed by atoms with Gasteiger partial charge >= 0.3 is 0 Å². The normalized spacial score (nSPS) is 16.3. The van der Waals surface area contributed by atoms with Crippen LogP contribution in [0.25, 0.3) is 11.3 Å². The Labute approximate surface area is 154 Å². The maximum Gasteiger partial charge on any atom is 0.231 e. The minimum Gasteiger partial charge on any atom is -0.454 e. The molecular weight excluding hydrogens is 322 g/mol. The fraction of sp³-hybridized carbons (Fsp3) is 0.304. The Morgan fingerprint density at radius 3 is 2.58 bits per heavy atom. The third-order valence-electron chi connectivity index (χ3n) is 5.68. The zero-order valence-corrected chi connectivity index (χ0v) is 15.1. The van der Waals surface area contributed by atoms with E-state index < -0.39 is 0 Å². The topological polar surface area (TPSA) is 23.4 Å². The zero-order valence-electron chi connectivity index (χ0n) is 15.1. The van der Waals surface area contributed by atoms with Gasteiger partial charge in [0.05, 0.1) is 6.04 Å². The molecule has 0 fully saturated rings. The highest BCUT2D eigenvalue weighted by Gasteiger charge is 2.24. The van der Waals surface area contributed by atoms with Gasteiger partial charge < -0.3 is 14.0 Å². The summed E-state index contributed by atoms with van der Waals surface area (Å²) in [6, 6.07) is 19.8. The van der Waals surface area contributed by atoms with Gasteiger partial charge in [-0.25, -0.2) is 0 Å². The molecule has 132 valence electrons. The highest BCUT2D eigenvalue weighted by Crippen LogP contribution is 2.40. The molecule has 3 aromatic rings. The first-order chi connectivity index (χ1) is 12.8. The molecule has 2 aromatic carbocycles. The van der Waals surface area contributed by atoms with Crippen LogP contribution in [0.2, 0.25) is 0 Å². The number of hydrogen-bond donors (Lipinski definition) is 0. The van der Waals surface area contributed by atoms with Crippen LogP contribution in [0.5, 0.6) is 11.5 Å². The summed E-state index contributed by atoms with van der Waals surface area (Å²) < 4.78 is 13.6. The first kappa shape index (κ1) is 15.6. The molecule has 0 amide bonds. The quantitative estimate of drug-likeness (QED) is 0.637. The lowest BCUT2D eigenvalue weighted by molar-refractivity contribution is 0.174. The Morgan fingerprint density at radius 1 is 0.885 bits per heavy atom. The van der Waals surface area contributed by atoms with E-state index in [2.05, 4.69) is 60.0 Å². The third kappa shape index (κ3) is 2.50. The molecule has 1 aromatic heterocycles. The standard InChI is InChI=1S/C23H23NO2/c1-16(17-7-3-2-4-8-17)24-20-10-6-5-9-18(20)13-21(24)19-11-12-22-23(14-19)26-15-25-22/h2-4,7-8,11-14,16H,5-6,9-10,15H2,1H3/t16-/m1/s1. The van der Waals surface area contributed by atoms with Gasteiger partial charge in [0, 0.05) is 17.0 Å². The fourth-order valence-corrected chi connectivity index (χ4v) is 4.32. The van der Waals surface area contributed by atoms with E-state index in [0.29, 0.717) is 12.8 Å². The SMILES string of the molecule is C[C@H](c1ccccc1)n1c(-c2ccc3c(c2)OCO3)cc2c1CCCC2. The monoisotopic (exact) mass is 345 g/mol. The zero-order chi connectivity index (χ0) is 17.5. The number of fused-ring (bicyclic) bond motifs is 2. The summed E-state index contributed by atoms with van der Waals surface area (Å²) in [7, 11) is 0. The number of benzene rings is 2. The molecule has 0 saturated heterocycles. The lowest BCUT2D eigenvalue weighted by atomic mass is 9.97. The summed E-state index contributed by atoms with van der Waals surface area (Å²) in [6.07, 6.45) is 4.91. The van der Waals surface area contributed by atoms with Crippen LogP contribution in [0.3, 0.4) is 0 Å². The van der Waals surface area contributed by atoms with E-state index in [4.69, 9.17) is 9.47 Å². The van der Waals surface area contributed by atoms with Crippen LogP contribution in [0.1, 0.15) is 42.6 Å². The van der Waals surface area contributed by atoms with Crippen LogP contribution in [0.15, 0.2) is 54.6 Å². The molecule has 1 aliphatic heterocycles. The average Bonchev–Trinajstić information content (AvgIpc) is 3.31. The summed E-state index contributed by atoms with van der Waals surface area (Å²) in [5.74, 6) is 1.69. The van der Waals surface area contributed by atoms with Crippen molar-refractivity contribution < 1.29 is 9.47 Å². The van der Waals surface area contributed by atoms with Gasteiger partial charge in [0.15, 0.2) is 11.5 Å². The third-order valence-corrected chi connectivity index (χ3v) is 5.68. The molecule has 0 saturated carbocycles. The summed E-state index contributed by atoms with van der Waals surface area (Å²) in [5, 5.41) is 0. The van der Waals surface area contributed by atoms with Gasteiger partial charge in [-0.05, 0) is 68.0 Å². The van der Waals surface area contributed by atoms with Gasteiger partial charge in [-0.3, -0.25) is 0 Å². The van der Waals surface area contributed by atoms with Crippen molar-refractivity contribution in [2.75, 3.05) is 6.79 Å². The second kappa shape index (κ2) is 6.24. The second-order valence-electron chi connectivity index (χ2n) is 7.23. The van der Waals surface area contributed by atoms with Gasteiger partial charge in [0.1, 0.15) is 0 Å². The fourth-order valence-electron chi connectivity index (χ4n) is 4.32. The summed E-state index contributed by atoms with van der Waals surface area (Å²) >= 11 is 0. The second-order valence-corrected chi connectivity index (χ2v) is 7.23. The predicted molar refractivity (Wildman–Crippen MR) is 103 cm³/mol. The smallest absolute Gasteiger partial charge is 0.231 e. The molecule has 3 nitrogen and oxygen atoms in total. The van der Waals surface area contributed by atoms with Crippen LogP contribution in [-0.2, 0) is 12.8 Å². The van der Waals surface area contributed by atoms with E-state index in [0.717, 1.165) is 17.9 Å². The summed E-state index contributed by atoms with van der Waals surface area (Å²) in [5.41, 5.74) is 6.84. The number of nitrogens with zero attached hydrogens (tertiary/aromatic N) is 1. The molecule has 2 heterocycles. The highest BCUT2D eigenvalue weighted by atomic mass is 16.7. The van der Waals surface area contributed by atoms with Gasteiger partial charge in [-0.2, -0.15) is 0 Å². The molecule has 0 N–H and O–H groups in total. The number of aryl methyl sites for hydroxylation is 1. The number of aromatic nitrogens is 1. The van der Waals surface area contributed by atoms with E-state index in [-0.39, 0.29) is 0 Å². The van der Waals surface area contributed by atoms with Gasteiger partial charge in [-0.15, -0.1) is 0 Å². The van der Waals surface area contributed by atoms with Gasteiger partial charge in [-0.1, -0.05) is 30.3 Å². The van der Waals surface area contributed by atoms with Crippen LogP contribution in [0.4, 0.5) is 0 Å². The van der Waals surface area contributed by atoms with Crippen molar-refractivity contribution in [3.63, 3.8) is 0 Å². The molecule has 5 rings (SSSR count). The van der Waals surface area contributed by atoms with E-state index in [1.54, 1.807) is 0 Å². The maximum absolute atomic E-state index is 5.62. The Kier molecular flexibility index (Phi) is 3.74. The molecule has 0 spiro atoms. The van der Waals surface area contributed by atoms with Crippen LogP contribution < -0.4 is 9.47 Å². The molecule has 3 heteroatoms. The number of ether oxygens (including phenoxy) is 2. The van der Waals surface area contributed by atoms with E-state index in [9.17, 15) is 0 Å². The lowest BCUT2D eigenvalue weighted by Gasteiger charge is -2.23. The van der Waals surface area contributed by atoms with E-state index in [1.807, 2.05) is 6.07 Å². The van der Waals surface area contributed by atoms with Crippen molar-refractivity contribution in [2.24, 2.45) is 0 Å². The van der Waals surface area contributed by atoms with Crippen molar-refractivity contribution >= 4 is 0 Å². The average molecular weight is 345 g/mol. The van der Waals surface area contributed by atoms with Crippen molar-refractivity contribution in [2.45, 2.75) is 38.6 Å². The molecule has 26 heavy (non-hydrogen) atoms. The van der Waals surface area contributed by atoms with Crippen molar-refractivity contribution in [3.05, 3.63) is 71.4 Å². The maximum atomic E-state index is 5.62. The first-order valence-electron chi connectivity index (χ1n) is 9.49. The van der Waals surface area contributed by atoms with Crippen LogP contribution in [0, 0.1) is 0 Å². The molecular formula is C23H23NO2. The highest BCUT2D eigenvalue weighted by molar-refractivity contribution is 5.67. The number of rotatable bonds is 3.